The van der Waals surface area contributed by atoms with Gasteiger partial charge >= 0.3 is 6.03 Å². The smallest absolute Gasteiger partial charge is 0.321 e. The number of benzene rings is 2. The van der Waals surface area contributed by atoms with Gasteiger partial charge in [-0.25, -0.2) is 18.2 Å². The number of hydrogen-bond acceptors (Lipinski definition) is 10. The van der Waals surface area contributed by atoms with Crippen LogP contribution in [0.25, 0.3) is 0 Å². The van der Waals surface area contributed by atoms with Crippen molar-refractivity contribution < 1.29 is 27.9 Å². The van der Waals surface area contributed by atoms with Crippen molar-refractivity contribution in [1.29, 1.82) is 0 Å². The first-order valence-corrected chi connectivity index (χ1v) is 20.4. The Bertz CT molecular complexity index is 1820. The highest BCUT2D eigenvalue weighted by Crippen LogP contribution is 2.30. The number of nitrogens with zero attached hydrogens (tertiary/aromatic N) is 5. The van der Waals surface area contributed by atoms with Crippen LogP contribution in [0.3, 0.4) is 0 Å². The van der Waals surface area contributed by atoms with E-state index in [0.717, 1.165) is 24.8 Å². The standard InChI is InChI=1S/C37H49N7O7S2/c1-4-25(2)34(44-18-17-42(37(44)48)22-30-24-52-36(40-30)39-26(3)45)35(47)41-32(19-27-9-6-5-7-10-27)33(46)23-43(21-29-11-8-12-29)53(50,51)31-15-13-28(14-16-31)20-38-49/h5-7,9-10,13-16,24-25,29,32-34,46H,4,8,11-12,17-23H2,1-3H3,(H,41,47)(H,39,40,45)/t25-,32-,33+,34-/m0/s1. The van der Waals surface area contributed by atoms with E-state index in [1.54, 1.807) is 27.3 Å². The molecule has 14 nitrogen and oxygen atoms in total. The van der Waals surface area contributed by atoms with Crippen LogP contribution in [-0.4, -0.2) is 94.8 Å². The molecule has 0 bridgehead atoms. The van der Waals surface area contributed by atoms with Crippen LogP contribution in [0.4, 0.5) is 9.93 Å². The zero-order valence-electron chi connectivity index (χ0n) is 30.4. The number of amides is 4. The number of nitroso groups, excluding NO2 is 1. The summed E-state index contributed by atoms with van der Waals surface area (Å²) >= 11 is 1.27. The summed E-state index contributed by atoms with van der Waals surface area (Å²) in [5.41, 5.74) is 2.06. The molecule has 2 fully saturated rings. The Morgan fingerprint density at radius 1 is 1.09 bits per heavy atom. The number of aromatic nitrogens is 1. The molecular formula is C37H49N7O7S2. The summed E-state index contributed by atoms with van der Waals surface area (Å²) in [7, 11) is -4.06. The minimum absolute atomic E-state index is 0.0419. The molecule has 286 valence electrons. The van der Waals surface area contributed by atoms with Crippen molar-refractivity contribution in [1.82, 2.24) is 24.4 Å². The average Bonchev–Trinajstić information content (AvgIpc) is 3.70. The number of aliphatic hydroxyl groups is 1. The number of hydrogen-bond donors (Lipinski definition) is 3. The number of aliphatic hydroxyl groups excluding tert-OH is 1. The van der Waals surface area contributed by atoms with Gasteiger partial charge in [0.25, 0.3) is 0 Å². The van der Waals surface area contributed by atoms with E-state index in [2.05, 4.69) is 20.8 Å². The number of carbonyl (C=O) groups excluding carboxylic acids is 3. The van der Waals surface area contributed by atoms with Crippen molar-refractivity contribution >= 4 is 44.3 Å². The Kier molecular flexibility index (Phi) is 13.7. The summed E-state index contributed by atoms with van der Waals surface area (Å²) in [6.07, 6.45) is 2.31. The molecule has 2 aromatic carbocycles. The fraction of sp³-hybridized carbons (Fsp3) is 0.514. The lowest BCUT2D eigenvalue weighted by Gasteiger charge is -2.36. The maximum absolute atomic E-state index is 14.3. The number of urea groups is 1. The Hall–Kier alpha value is -4.25. The van der Waals surface area contributed by atoms with Gasteiger partial charge < -0.3 is 25.5 Å². The molecule has 2 heterocycles. The van der Waals surface area contributed by atoms with Crippen molar-refractivity contribution in [3.05, 3.63) is 81.7 Å². The summed E-state index contributed by atoms with van der Waals surface area (Å²) in [6.45, 7) is 6.06. The summed E-state index contributed by atoms with van der Waals surface area (Å²) in [4.78, 5) is 57.9. The van der Waals surface area contributed by atoms with E-state index >= 15 is 0 Å². The molecule has 5 rings (SSSR count). The summed E-state index contributed by atoms with van der Waals surface area (Å²) in [5.74, 6) is -0.742. The monoisotopic (exact) mass is 767 g/mol. The first-order chi connectivity index (χ1) is 25.4. The molecule has 3 N–H and O–H groups in total. The van der Waals surface area contributed by atoms with E-state index in [4.69, 9.17) is 0 Å². The predicted molar refractivity (Wildman–Crippen MR) is 202 cm³/mol. The van der Waals surface area contributed by atoms with Crippen LogP contribution in [-0.2, 0) is 39.1 Å². The van der Waals surface area contributed by atoms with Crippen molar-refractivity contribution in [2.24, 2.45) is 17.0 Å². The molecule has 2 aliphatic rings. The molecule has 0 unspecified atom stereocenters. The average molecular weight is 768 g/mol. The van der Waals surface area contributed by atoms with Gasteiger partial charge in [0.1, 0.15) is 12.6 Å². The van der Waals surface area contributed by atoms with Crippen LogP contribution in [0, 0.1) is 16.7 Å². The van der Waals surface area contributed by atoms with Gasteiger partial charge in [0, 0.05) is 38.5 Å². The van der Waals surface area contributed by atoms with Crippen LogP contribution in [0.2, 0.25) is 0 Å². The molecule has 1 aliphatic carbocycles. The van der Waals surface area contributed by atoms with Gasteiger partial charge in [-0.3, -0.25) is 9.59 Å². The van der Waals surface area contributed by atoms with Crippen molar-refractivity contribution in [2.45, 2.75) is 89.0 Å². The molecule has 4 amide bonds. The normalized spacial score (nSPS) is 17.3. The van der Waals surface area contributed by atoms with E-state index in [1.165, 1.54) is 34.7 Å². The lowest BCUT2D eigenvalue weighted by atomic mass is 9.85. The number of carbonyl (C=O) groups is 3. The number of nitrogens with one attached hydrogen (secondary N) is 2. The number of rotatable bonds is 19. The highest BCUT2D eigenvalue weighted by molar-refractivity contribution is 7.89. The van der Waals surface area contributed by atoms with Gasteiger partial charge in [0.2, 0.25) is 21.8 Å². The van der Waals surface area contributed by atoms with Crippen LogP contribution in [0.5, 0.6) is 0 Å². The van der Waals surface area contributed by atoms with Gasteiger partial charge in [-0.2, -0.15) is 9.21 Å². The highest BCUT2D eigenvalue weighted by atomic mass is 32.2. The van der Waals surface area contributed by atoms with Crippen LogP contribution in [0.15, 0.2) is 70.0 Å². The lowest BCUT2D eigenvalue weighted by molar-refractivity contribution is -0.128. The van der Waals surface area contributed by atoms with Crippen LogP contribution >= 0.6 is 11.3 Å². The predicted octanol–water partition coefficient (Wildman–Crippen LogP) is 4.60. The second-order valence-corrected chi connectivity index (χ2v) is 16.8. The van der Waals surface area contributed by atoms with Crippen molar-refractivity contribution in [2.75, 3.05) is 31.5 Å². The third-order valence-electron chi connectivity index (χ3n) is 10.1. The topological polar surface area (TPSA) is 182 Å². The molecule has 0 radical (unpaired) electrons. The van der Waals surface area contributed by atoms with Gasteiger partial charge in [0.05, 0.1) is 29.3 Å². The second-order valence-electron chi connectivity index (χ2n) is 14.0. The Labute approximate surface area is 315 Å². The maximum atomic E-state index is 14.3. The molecule has 1 saturated carbocycles. The molecule has 0 spiro atoms. The first-order valence-electron chi connectivity index (χ1n) is 18.1. The molecule has 16 heteroatoms. The first kappa shape index (κ1) is 39.9. The largest absolute Gasteiger partial charge is 0.390 e. The number of anilines is 1. The zero-order valence-corrected chi connectivity index (χ0v) is 32.0. The van der Waals surface area contributed by atoms with Crippen LogP contribution in [0.1, 0.15) is 63.3 Å². The maximum Gasteiger partial charge on any atom is 0.321 e. The Morgan fingerprint density at radius 2 is 1.81 bits per heavy atom. The quantitative estimate of drug-likeness (QED) is 0.148. The molecule has 53 heavy (non-hydrogen) atoms. The lowest BCUT2D eigenvalue weighted by Crippen LogP contribution is -2.57. The van der Waals surface area contributed by atoms with E-state index in [9.17, 15) is 32.8 Å². The van der Waals surface area contributed by atoms with Crippen LogP contribution < -0.4 is 10.6 Å². The molecular weight excluding hydrogens is 719 g/mol. The molecule has 4 atom stereocenters. The van der Waals surface area contributed by atoms with Gasteiger partial charge in [0.15, 0.2) is 5.13 Å². The van der Waals surface area contributed by atoms with E-state index in [0.29, 0.717) is 35.9 Å². The van der Waals surface area contributed by atoms with E-state index < -0.39 is 34.1 Å². The minimum Gasteiger partial charge on any atom is -0.390 e. The molecule has 3 aromatic rings. The third kappa shape index (κ3) is 10.2. The third-order valence-corrected chi connectivity index (χ3v) is 12.7. The van der Waals surface area contributed by atoms with Gasteiger partial charge in [-0.1, -0.05) is 74.3 Å². The van der Waals surface area contributed by atoms with E-state index in [1.807, 2.05) is 44.2 Å². The molecule has 1 aliphatic heterocycles. The Balaban J connectivity index is 1.36. The minimum atomic E-state index is -4.06. The summed E-state index contributed by atoms with van der Waals surface area (Å²) in [5, 5.41) is 22.7. The van der Waals surface area contributed by atoms with Crippen molar-refractivity contribution in [3.63, 3.8) is 0 Å². The number of thiazole rings is 1. The molecule has 1 aromatic heterocycles. The fourth-order valence-electron chi connectivity index (χ4n) is 6.70. The van der Waals surface area contributed by atoms with E-state index in [-0.39, 0.29) is 61.3 Å². The van der Waals surface area contributed by atoms with Crippen molar-refractivity contribution in [3.8, 4) is 0 Å². The second kappa shape index (κ2) is 18.2. The summed E-state index contributed by atoms with van der Waals surface area (Å²) < 4.78 is 29.4. The SMILES string of the molecule is CC[C@H](C)[C@@H](C(=O)N[C@@H](Cc1ccccc1)[C@H](O)CN(CC1CCC1)S(=O)(=O)c1ccc(CN=O)cc1)N1CCN(Cc2csc(NC(C)=O)n2)C1=O. The Morgan fingerprint density at radius 3 is 2.43 bits per heavy atom. The fourth-order valence-corrected chi connectivity index (χ4v) is 8.98. The number of sulfonamides is 1. The highest BCUT2D eigenvalue weighted by Gasteiger charge is 2.41. The summed E-state index contributed by atoms with van der Waals surface area (Å²) in [6, 6.07) is 13.3. The van der Waals surface area contributed by atoms with Gasteiger partial charge in [-0.05, 0) is 54.4 Å². The zero-order chi connectivity index (χ0) is 38.1. The molecule has 1 saturated heterocycles. The van der Waals surface area contributed by atoms with Gasteiger partial charge in [-0.15, -0.1) is 11.3 Å².